The maximum Gasteiger partial charge on any atom is 0.416 e. The monoisotopic (exact) mass is 284 g/mol. The van der Waals surface area contributed by atoms with Crippen molar-refractivity contribution < 1.29 is 18.0 Å². The summed E-state index contributed by atoms with van der Waals surface area (Å²) in [6.45, 7) is 2.75. The van der Waals surface area contributed by atoms with Crippen molar-refractivity contribution >= 4 is 5.78 Å². The van der Waals surface area contributed by atoms with Crippen molar-refractivity contribution in [3.63, 3.8) is 0 Å². The van der Waals surface area contributed by atoms with Gasteiger partial charge in [0.1, 0.15) is 5.56 Å². The molecule has 0 fully saturated rings. The molecule has 1 aromatic heterocycles. The van der Waals surface area contributed by atoms with Gasteiger partial charge in [0.25, 0.3) is 5.56 Å². The Morgan fingerprint density at radius 1 is 1.30 bits per heavy atom. The highest BCUT2D eigenvalue weighted by molar-refractivity contribution is 5.94. The number of ketones is 1. The number of hydrogen-bond donors (Lipinski definition) is 1. The summed E-state index contributed by atoms with van der Waals surface area (Å²) in [5.74, 6) is -0.436. The number of alkyl halides is 3. The van der Waals surface area contributed by atoms with Crippen molar-refractivity contribution in [2.45, 2.75) is 20.0 Å². The number of aryl methyl sites for hydroxylation is 1. The number of nitrogens with one attached hydrogen (secondary N) is 1. The molecule has 4 nitrogen and oxygen atoms in total. The number of H-pyrrole nitrogens is 1. The number of Topliss-reactive ketones (excluding diaryl/α,β-unsaturated/α-hetero) is 1. The van der Waals surface area contributed by atoms with Gasteiger partial charge in [0, 0.05) is 5.69 Å². The molecule has 0 aliphatic rings. The second kappa shape index (κ2) is 4.66. The van der Waals surface area contributed by atoms with Crippen molar-refractivity contribution in [1.29, 1.82) is 0 Å². The van der Waals surface area contributed by atoms with Crippen LogP contribution in [0.1, 0.15) is 28.5 Å². The third-order valence-electron chi connectivity index (χ3n) is 2.86. The summed E-state index contributed by atoms with van der Waals surface area (Å²) in [7, 11) is 0. The summed E-state index contributed by atoms with van der Waals surface area (Å²) in [6.07, 6.45) is -4.50. The highest BCUT2D eigenvalue weighted by Gasteiger charge is 2.30. The number of halogens is 3. The van der Waals surface area contributed by atoms with Crippen molar-refractivity contribution in [3.8, 4) is 5.69 Å². The quantitative estimate of drug-likeness (QED) is 0.862. The SMILES string of the molecule is CC(=O)c1c(C)[nH]n(-c2cccc(C(F)(F)F)c2)c1=O. The summed E-state index contributed by atoms with van der Waals surface area (Å²) < 4.78 is 38.9. The van der Waals surface area contributed by atoms with Crippen molar-refractivity contribution in [1.82, 2.24) is 9.78 Å². The molecule has 1 heterocycles. The van der Waals surface area contributed by atoms with Crippen LogP contribution in [-0.2, 0) is 6.18 Å². The Kier molecular flexibility index (Phi) is 3.29. The average Bonchev–Trinajstić information content (AvgIpc) is 2.64. The molecular weight excluding hydrogens is 273 g/mol. The second-order valence-electron chi connectivity index (χ2n) is 4.36. The van der Waals surface area contributed by atoms with Gasteiger partial charge in [-0.05, 0) is 32.0 Å². The lowest BCUT2D eigenvalue weighted by atomic mass is 10.2. The molecule has 0 bridgehead atoms. The third kappa shape index (κ3) is 2.38. The van der Waals surface area contributed by atoms with E-state index >= 15 is 0 Å². The molecule has 0 radical (unpaired) electrons. The lowest BCUT2D eigenvalue weighted by molar-refractivity contribution is -0.137. The second-order valence-corrected chi connectivity index (χ2v) is 4.36. The van der Waals surface area contributed by atoms with E-state index in [9.17, 15) is 22.8 Å². The highest BCUT2D eigenvalue weighted by atomic mass is 19.4. The van der Waals surface area contributed by atoms with Crippen molar-refractivity contribution in [2.75, 3.05) is 0 Å². The van der Waals surface area contributed by atoms with Gasteiger partial charge in [-0.1, -0.05) is 6.07 Å². The molecule has 1 aromatic carbocycles. The molecule has 0 atom stereocenters. The molecule has 0 aliphatic carbocycles. The van der Waals surface area contributed by atoms with Crippen LogP contribution in [0.25, 0.3) is 5.69 Å². The molecule has 0 spiro atoms. The minimum Gasteiger partial charge on any atom is -0.295 e. The van der Waals surface area contributed by atoms with E-state index in [0.717, 1.165) is 16.8 Å². The molecular formula is C13H11F3N2O2. The molecule has 106 valence electrons. The zero-order valence-electron chi connectivity index (χ0n) is 10.7. The maximum atomic E-state index is 12.6. The van der Waals surface area contributed by atoms with E-state index in [-0.39, 0.29) is 11.3 Å². The van der Waals surface area contributed by atoms with E-state index in [0.29, 0.717) is 5.69 Å². The van der Waals surface area contributed by atoms with Gasteiger partial charge in [-0.2, -0.15) is 13.2 Å². The van der Waals surface area contributed by atoms with Gasteiger partial charge in [-0.25, -0.2) is 4.68 Å². The van der Waals surface area contributed by atoms with Gasteiger partial charge in [0.2, 0.25) is 0 Å². The fourth-order valence-corrected chi connectivity index (χ4v) is 1.96. The Labute approximate surface area is 111 Å². The molecule has 0 aliphatic heterocycles. The standard InChI is InChI=1S/C13H11F3N2O2/c1-7-11(8(2)19)12(20)18(17-7)10-5-3-4-9(6-10)13(14,15)16/h3-6,17H,1-2H3. The molecule has 0 unspecified atom stereocenters. The zero-order chi connectivity index (χ0) is 15.1. The zero-order valence-corrected chi connectivity index (χ0v) is 10.7. The number of hydrogen-bond acceptors (Lipinski definition) is 2. The number of aromatic amines is 1. The number of benzene rings is 1. The predicted molar refractivity (Wildman–Crippen MR) is 66.1 cm³/mol. The van der Waals surface area contributed by atoms with Gasteiger partial charge in [0.15, 0.2) is 5.78 Å². The number of aromatic nitrogens is 2. The lowest BCUT2D eigenvalue weighted by Crippen LogP contribution is -2.19. The van der Waals surface area contributed by atoms with Crippen LogP contribution in [0.5, 0.6) is 0 Å². The molecule has 2 rings (SSSR count). The van der Waals surface area contributed by atoms with E-state index in [4.69, 9.17) is 0 Å². The smallest absolute Gasteiger partial charge is 0.295 e. The van der Waals surface area contributed by atoms with E-state index in [1.54, 1.807) is 0 Å². The predicted octanol–water partition coefficient (Wildman–Crippen LogP) is 2.70. The van der Waals surface area contributed by atoms with Crippen molar-refractivity contribution in [3.05, 3.63) is 51.4 Å². The number of rotatable bonds is 2. The summed E-state index contributed by atoms with van der Waals surface area (Å²) in [6, 6.07) is 4.32. The first-order chi connectivity index (χ1) is 9.21. The van der Waals surface area contributed by atoms with E-state index in [1.165, 1.54) is 26.0 Å². The largest absolute Gasteiger partial charge is 0.416 e. The van der Waals surface area contributed by atoms with E-state index in [1.807, 2.05) is 0 Å². The van der Waals surface area contributed by atoms with Crippen LogP contribution in [0.15, 0.2) is 29.1 Å². The van der Waals surface area contributed by atoms with Crippen LogP contribution in [0.4, 0.5) is 13.2 Å². The van der Waals surface area contributed by atoms with Gasteiger partial charge < -0.3 is 0 Å². The molecule has 0 saturated heterocycles. The molecule has 2 aromatic rings. The Morgan fingerprint density at radius 3 is 2.45 bits per heavy atom. The Bertz CT molecular complexity index is 726. The molecule has 20 heavy (non-hydrogen) atoms. The van der Waals surface area contributed by atoms with Gasteiger partial charge in [-0.15, -0.1) is 0 Å². The average molecular weight is 284 g/mol. The van der Waals surface area contributed by atoms with Gasteiger partial charge in [0.05, 0.1) is 11.3 Å². The maximum absolute atomic E-state index is 12.6. The first-order valence-electron chi connectivity index (χ1n) is 5.72. The minimum absolute atomic E-state index is 0.0282. The summed E-state index contributed by atoms with van der Waals surface area (Å²) in [5, 5.41) is 2.61. The van der Waals surface area contributed by atoms with Crippen LogP contribution in [0.3, 0.4) is 0 Å². The molecule has 0 saturated carbocycles. The number of carbonyl (C=O) groups excluding carboxylic acids is 1. The van der Waals surface area contributed by atoms with Gasteiger partial charge >= 0.3 is 6.18 Å². The fraction of sp³-hybridized carbons (Fsp3) is 0.231. The topological polar surface area (TPSA) is 54.9 Å². The van der Waals surface area contributed by atoms with Crippen LogP contribution in [0, 0.1) is 6.92 Å². The summed E-state index contributed by atoms with van der Waals surface area (Å²) in [5.41, 5.74) is -1.23. The lowest BCUT2D eigenvalue weighted by Gasteiger charge is -2.08. The third-order valence-corrected chi connectivity index (χ3v) is 2.86. The summed E-state index contributed by atoms with van der Waals surface area (Å²) >= 11 is 0. The van der Waals surface area contributed by atoms with E-state index in [2.05, 4.69) is 5.10 Å². The molecule has 1 N–H and O–H groups in total. The minimum atomic E-state index is -4.50. The fourth-order valence-electron chi connectivity index (χ4n) is 1.96. The Hall–Kier alpha value is -2.31. The van der Waals surface area contributed by atoms with Crippen molar-refractivity contribution in [2.24, 2.45) is 0 Å². The highest BCUT2D eigenvalue weighted by Crippen LogP contribution is 2.30. The Balaban J connectivity index is 2.62. The van der Waals surface area contributed by atoms with Gasteiger partial charge in [-0.3, -0.25) is 14.7 Å². The first-order valence-corrected chi connectivity index (χ1v) is 5.72. The summed E-state index contributed by atoms with van der Waals surface area (Å²) in [4.78, 5) is 23.4. The molecule has 7 heteroatoms. The number of nitrogens with zero attached hydrogens (tertiary/aromatic N) is 1. The van der Waals surface area contributed by atoms with Crippen LogP contribution in [0.2, 0.25) is 0 Å². The van der Waals surface area contributed by atoms with Crippen LogP contribution < -0.4 is 5.56 Å². The first kappa shape index (κ1) is 14.1. The number of carbonyl (C=O) groups is 1. The molecule has 0 amide bonds. The normalized spacial score (nSPS) is 11.7. The van der Waals surface area contributed by atoms with Crippen LogP contribution >= 0.6 is 0 Å². The van der Waals surface area contributed by atoms with Crippen LogP contribution in [-0.4, -0.2) is 15.6 Å². The Morgan fingerprint density at radius 2 is 1.95 bits per heavy atom. The van der Waals surface area contributed by atoms with E-state index < -0.39 is 23.1 Å².